The molecule has 0 radical (unpaired) electrons. The normalized spacial score (nSPS) is 12.8. The van der Waals surface area contributed by atoms with Crippen molar-refractivity contribution in [3.05, 3.63) is 27.9 Å². The lowest BCUT2D eigenvalue weighted by molar-refractivity contribution is 0.0902. The number of halogens is 5. The third-order valence-corrected chi connectivity index (χ3v) is 8.90. The highest BCUT2D eigenvalue weighted by atomic mass is 79.9. The molecule has 1 nitrogen and oxygen atoms in total. The smallest absolute Gasteiger partial charge is 0.0739 e. The van der Waals surface area contributed by atoms with Crippen molar-refractivity contribution in [2.24, 2.45) is 5.92 Å². The Hall–Kier alpha value is 1.58. The Kier molecular flexibility index (Phi) is 7.96. The molecule has 0 saturated carbocycles. The van der Waals surface area contributed by atoms with Crippen LogP contribution in [0.2, 0.25) is 0 Å². The van der Waals surface area contributed by atoms with E-state index in [1.165, 1.54) is 0 Å². The molecule has 0 aliphatic carbocycles. The van der Waals surface area contributed by atoms with Crippen molar-refractivity contribution in [2.75, 3.05) is 6.61 Å². The van der Waals surface area contributed by atoms with Crippen LogP contribution in [0.4, 0.5) is 0 Å². The van der Waals surface area contributed by atoms with Crippen LogP contribution in [0.1, 0.15) is 25.8 Å². The molecule has 1 unspecified atom stereocenters. The Balaban J connectivity index is 2.89. The Morgan fingerprint density at radius 3 is 1.78 bits per heavy atom. The van der Waals surface area contributed by atoms with Crippen molar-refractivity contribution < 1.29 is 4.74 Å². The van der Waals surface area contributed by atoms with Crippen molar-refractivity contribution in [3.8, 4) is 0 Å². The molecule has 0 spiro atoms. The van der Waals surface area contributed by atoms with Crippen LogP contribution < -0.4 is 0 Å². The van der Waals surface area contributed by atoms with Crippen LogP contribution in [-0.4, -0.2) is 6.61 Å². The molecule has 1 aromatic carbocycles. The maximum Gasteiger partial charge on any atom is 0.0739 e. The number of hydrogen-bond acceptors (Lipinski definition) is 1. The van der Waals surface area contributed by atoms with Gasteiger partial charge < -0.3 is 4.74 Å². The second-order valence-corrected chi connectivity index (χ2v) is 8.04. The fourth-order valence-electron chi connectivity index (χ4n) is 1.26. The SMILES string of the molecule is CCC(C)COCc1c(Br)c(Br)c(Br)c(Br)c1Br. The summed E-state index contributed by atoms with van der Waals surface area (Å²) in [5.74, 6) is 0.588. The average molecular weight is 573 g/mol. The van der Waals surface area contributed by atoms with Gasteiger partial charge in [0, 0.05) is 34.5 Å². The Labute approximate surface area is 150 Å². The molecule has 0 fully saturated rings. The van der Waals surface area contributed by atoms with E-state index in [9.17, 15) is 0 Å². The molecule has 0 amide bonds. The topological polar surface area (TPSA) is 9.23 Å². The molecule has 1 rings (SSSR count). The monoisotopic (exact) mass is 568 g/mol. The minimum Gasteiger partial charge on any atom is -0.376 e. The largest absolute Gasteiger partial charge is 0.376 e. The predicted octanol–water partition coefficient (Wildman–Crippen LogP) is 7.06. The van der Waals surface area contributed by atoms with Gasteiger partial charge in [-0.25, -0.2) is 0 Å². The van der Waals surface area contributed by atoms with E-state index in [1.54, 1.807) is 0 Å². The van der Waals surface area contributed by atoms with Gasteiger partial charge in [0.1, 0.15) is 0 Å². The number of rotatable bonds is 5. The predicted molar refractivity (Wildman–Crippen MR) is 94.1 cm³/mol. The first-order valence-corrected chi connectivity index (χ1v) is 9.44. The van der Waals surface area contributed by atoms with Gasteiger partial charge in [-0.2, -0.15) is 0 Å². The Morgan fingerprint density at radius 1 is 0.889 bits per heavy atom. The van der Waals surface area contributed by atoms with Crippen LogP contribution in [0.5, 0.6) is 0 Å². The summed E-state index contributed by atoms with van der Waals surface area (Å²) in [6.45, 7) is 5.72. The summed E-state index contributed by atoms with van der Waals surface area (Å²) >= 11 is 17.8. The summed E-state index contributed by atoms with van der Waals surface area (Å²) in [6, 6.07) is 0. The number of benzene rings is 1. The molecule has 0 bridgehead atoms. The quantitative estimate of drug-likeness (QED) is 0.271. The van der Waals surface area contributed by atoms with Gasteiger partial charge in [0.25, 0.3) is 0 Å². The average Bonchev–Trinajstić information content (AvgIpc) is 2.37. The zero-order chi connectivity index (χ0) is 13.9. The minimum absolute atomic E-state index is 0.579. The standard InChI is InChI=1S/C12H13Br5O/c1-3-6(2)4-18-5-7-8(13)10(15)12(17)11(16)9(7)14/h6H,3-5H2,1-2H3. The zero-order valence-corrected chi connectivity index (χ0v) is 17.9. The van der Waals surface area contributed by atoms with E-state index in [1.807, 2.05) is 0 Å². The molecule has 18 heavy (non-hydrogen) atoms. The van der Waals surface area contributed by atoms with Crippen LogP contribution in [0, 0.1) is 5.92 Å². The van der Waals surface area contributed by atoms with Gasteiger partial charge in [-0.1, -0.05) is 20.3 Å². The van der Waals surface area contributed by atoms with Crippen molar-refractivity contribution in [1.82, 2.24) is 0 Å². The van der Waals surface area contributed by atoms with E-state index in [2.05, 4.69) is 93.5 Å². The first kappa shape index (κ1) is 17.6. The van der Waals surface area contributed by atoms with Crippen molar-refractivity contribution in [1.29, 1.82) is 0 Å². The van der Waals surface area contributed by atoms with Gasteiger partial charge in [0.2, 0.25) is 0 Å². The van der Waals surface area contributed by atoms with Gasteiger partial charge in [-0.15, -0.1) is 0 Å². The highest BCUT2D eigenvalue weighted by molar-refractivity contribution is 9.15. The van der Waals surface area contributed by atoms with Gasteiger partial charge in [0.05, 0.1) is 6.61 Å². The summed E-state index contributed by atoms with van der Waals surface area (Å²) in [4.78, 5) is 0. The molecule has 0 aliphatic heterocycles. The van der Waals surface area contributed by atoms with E-state index in [0.717, 1.165) is 41.0 Å². The second-order valence-electron chi connectivity index (χ2n) is 4.08. The van der Waals surface area contributed by atoms with Gasteiger partial charge >= 0.3 is 0 Å². The van der Waals surface area contributed by atoms with Gasteiger partial charge in [0.15, 0.2) is 0 Å². The minimum atomic E-state index is 0.579. The third-order valence-electron chi connectivity index (χ3n) is 2.65. The van der Waals surface area contributed by atoms with Crippen molar-refractivity contribution in [2.45, 2.75) is 26.9 Å². The van der Waals surface area contributed by atoms with Crippen LogP contribution in [0.25, 0.3) is 0 Å². The molecule has 6 heteroatoms. The first-order valence-electron chi connectivity index (χ1n) is 5.48. The molecule has 0 heterocycles. The van der Waals surface area contributed by atoms with Crippen molar-refractivity contribution in [3.63, 3.8) is 0 Å². The van der Waals surface area contributed by atoms with Crippen LogP contribution in [0.3, 0.4) is 0 Å². The molecule has 1 atom stereocenters. The second kappa shape index (κ2) is 8.13. The molecule has 0 aliphatic rings. The fourth-order valence-corrected chi connectivity index (χ4v) is 4.61. The zero-order valence-electron chi connectivity index (χ0n) is 10.00. The molecule has 0 N–H and O–H groups in total. The summed E-state index contributed by atoms with van der Waals surface area (Å²) in [6.07, 6.45) is 1.13. The fraction of sp³-hybridized carbons (Fsp3) is 0.500. The molecule has 0 aromatic heterocycles. The Morgan fingerprint density at radius 2 is 1.33 bits per heavy atom. The lowest BCUT2D eigenvalue weighted by Gasteiger charge is -2.15. The highest BCUT2D eigenvalue weighted by Gasteiger charge is 2.17. The third kappa shape index (κ3) is 4.29. The maximum absolute atomic E-state index is 5.77. The van der Waals surface area contributed by atoms with E-state index in [0.29, 0.717) is 12.5 Å². The molecule has 0 saturated heterocycles. The van der Waals surface area contributed by atoms with Crippen LogP contribution in [0.15, 0.2) is 22.4 Å². The molecule has 1 aromatic rings. The Bertz CT molecular complexity index is 404. The van der Waals surface area contributed by atoms with Gasteiger partial charge in [-0.3, -0.25) is 0 Å². The summed E-state index contributed by atoms with van der Waals surface area (Å²) < 4.78 is 10.7. The number of hydrogen-bond donors (Lipinski definition) is 0. The highest BCUT2D eigenvalue weighted by Crippen LogP contribution is 2.44. The molecular weight excluding hydrogens is 560 g/mol. The molecular formula is C12H13Br5O. The summed E-state index contributed by atoms with van der Waals surface area (Å²) in [5, 5.41) is 0. The van der Waals surface area contributed by atoms with E-state index >= 15 is 0 Å². The maximum atomic E-state index is 5.77. The van der Waals surface area contributed by atoms with E-state index in [-0.39, 0.29) is 0 Å². The molecule has 102 valence electrons. The van der Waals surface area contributed by atoms with Crippen LogP contribution >= 0.6 is 79.6 Å². The van der Waals surface area contributed by atoms with E-state index < -0.39 is 0 Å². The lowest BCUT2D eigenvalue weighted by Crippen LogP contribution is -2.05. The van der Waals surface area contributed by atoms with Crippen molar-refractivity contribution >= 4 is 79.6 Å². The first-order chi connectivity index (χ1) is 8.40. The lowest BCUT2D eigenvalue weighted by atomic mass is 10.1. The number of ether oxygens (including phenoxy) is 1. The van der Waals surface area contributed by atoms with Gasteiger partial charge in [-0.05, 0) is 85.6 Å². The van der Waals surface area contributed by atoms with E-state index in [4.69, 9.17) is 4.74 Å². The summed E-state index contributed by atoms with van der Waals surface area (Å²) in [7, 11) is 0. The van der Waals surface area contributed by atoms with Crippen LogP contribution in [-0.2, 0) is 11.3 Å². The summed E-state index contributed by atoms with van der Waals surface area (Å²) in [5.41, 5.74) is 1.10.